The fourth-order valence-corrected chi connectivity index (χ4v) is 3.69. The van der Waals surface area contributed by atoms with Crippen molar-refractivity contribution in [2.24, 2.45) is 0 Å². The molecule has 7 nitrogen and oxygen atoms in total. The van der Waals surface area contributed by atoms with Gasteiger partial charge in [0, 0.05) is 11.4 Å². The monoisotopic (exact) mass is 422 g/mol. The number of para-hydroxylation sites is 2. The fraction of sp³-hybridized carbons (Fsp3) is 0.273. The second-order valence-corrected chi connectivity index (χ2v) is 7.61. The number of nitrogens with zero attached hydrogens (tertiary/aromatic N) is 3. The quantitative estimate of drug-likeness (QED) is 0.475. The van der Waals surface area contributed by atoms with Gasteiger partial charge in [-0.15, -0.1) is 11.8 Å². The Labute approximate surface area is 180 Å². The lowest BCUT2D eigenvalue weighted by molar-refractivity contribution is -0.113. The van der Waals surface area contributed by atoms with Crippen LogP contribution in [0, 0.1) is 0 Å². The van der Waals surface area contributed by atoms with Gasteiger partial charge in [0.15, 0.2) is 0 Å². The number of nitrogen functional groups attached to an aromatic ring is 1. The molecule has 0 aliphatic rings. The minimum atomic E-state index is -0.0414. The van der Waals surface area contributed by atoms with E-state index in [0.717, 1.165) is 35.3 Å². The van der Waals surface area contributed by atoms with Crippen LogP contribution in [-0.2, 0) is 23.4 Å². The molecule has 3 aromatic rings. The molecule has 0 unspecified atom stereocenters. The molecule has 1 aromatic heterocycles. The van der Waals surface area contributed by atoms with Gasteiger partial charge in [-0.1, -0.05) is 50.2 Å². The number of anilines is 4. The van der Waals surface area contributed by atoms with Gasteiger partial charge in [-0.25, -0.2) is 0 Å². The number of benzene rings is 2. The number of nitrogens with one attached hydrogen (secondary N) is 2. The first-order valence-corrected chi connectivity index (χ1v) is 11.0. The topological polar surface area (TPSA) is 106 Å². The summed E-state index contributed by atoms with van der Waals surface area (Å²) >= 11 is 1.44. The van der Waals surface area contributed by atoms with Crippen LogP contribution >= 0.6 is 11.8 Å². The maximum Gasteiger partial charge on any atom is 0.234 e. The molecule has 30 heavy (non-hydrogen) atoms. The lowest BCUT2D eigenvalue weighted by Crippen LogP contribution is -2.17. The van der Waals surface area contributed by atoms with E-state index in [-0.39, 0.29) is 11.9 Å². The largest absolute Gasteiger partial charge is 0.368 e. The van der Waals surface area contributed by atoms with Gasteiger partial charge in [-0.05, 0) is 36.1 Å². The minimum absolute atomic E-state index is 0.0414. The van der Waals surface area contributed by atoms with Crippen LogP contribution < -0.4 is 16.4 Å². The highest BCUT2D eigenvalue weighted by atomic mass is 32.2. The molecule has 0 bridgehead atoms. The van der Waals surface area contributed by atoms with Crippen LogP contribution in [0.15, 0.2) is 48.5 Å². The normalized spacial score (nSPS) is 10.6. The highest BCUT2D eigenvalue weighted by molar-refractivity contribution is 7.99. The molecule has 0 fully saturated rings. The van der Waals surface area contributed by atoms with Crippen molar-refractivity contribution >= 4 is 40.9 Å². The van der Waals surface area contributed by atoms with Crippen molar-refractivity contribution in [1.82, 2.24) is 15.0 Å². The van der Waals surface area contributed by atoms with Crippen LogP contribution in [0.4, 0.5) is 23.3 Å². The zero-order chi connectivity index (χ0) is 21.3. The number of rotatable bonds is 9. The van der Waals surface area contributed by atoms with Crippen LogP contribution in [0.2, 0.25) is 0 Å². The molecule has 0 aliphatic heterocycles. The SMILES string of the molecule is CCc1cccc(CC)c1NC(=O)CSCc1nc(N)nc(Nc2ccccc2)n1. The van der Waals surface area contributed by atoms with Crippen LogP contribution in [0.5, 0.6) is 0 Å². The molecule has 1 amide bonds. The zero-order valence-electron chi connectivity index (χ0n) is 17.2. The number of aromatic nitrogens is 3. The molecule has 0 saturated carbocycles. The second kappa shape index (κ2) is 10.6. The predicted molar refractivity (Wildman–Crippen MR) is 124 cm³/mol. The first kappa shape index (κ1) is 21.6. The summed E-state index contributed by atoms with van der Waals surface area (Å²) in [5, 5.41) is 6.18. The van der Waals surface area contributed by atoms with Gasteiger partial charge in [0.05, 0.1) is 11.5 Å². The number of amides is 1. The summed E-state index contributed by atoms with van der Waals surface area (Å²) in [7, 11) is 0. The Balaban J connectivity index is 1.58. The summed E-state index contributed by atoms with van der Waals surface area (Å²) in [6.45, 7) is 4.18. The van der Waals surface area contributed by atoms with E-state index in [1.54, 1.807) is 0 Å². The Morgan fingerprint density at radius 2 is 1.67 bits per heavy atom. The van der Waals surface area contributed by atoms with Crippen molar-refractivity contribution in [3.8, 4) is 0 Å². The molecule has 1 heterocycles. The van der Waals surface area contributed by atoms with E-state index in [4.69, 9.17) is 5.73 Å². The van der Waals surface area contributed by atoms with E-state index in [2.05, 4.69) is 51.6 Å². The molecule has 4 N–H and O–H groups in total. The lowest BCUT2D eigenvalue weighted by Gasteiger charge is -2.14. The first-order chi connectivity index (χ1) is 14.6. The third-order valence-corrected chi connectivity index (χ3v) is 5.39. The Kier molecular flexibility index (Phi) is 7.62. The van der Waals surface area contributed by atoms with Gasteiger partial charge < -0.3 is 16.4 Å². The lowest BCUT2D eigenvalue weighted by atomic mass is 10.0. The molecule has 3 rings (SSSR count). The van der Waals surface area contributed by atoms with E-state index >= 15 is 0 Å². The Hall–Kier alpha value is -3.13. The van der Waals surface area contributed by atoms with Crippen molar-refractivity contribution in [3.05, 3.63) is 65.5 Å². The number of hydrogen-bond donors (Lipinski definition) is 3. The second-order valence-electron chi connectivity index (χ2n) is 6.62. The zero-order valence-corrected chi connectivity index (χ0v) is 18.0. The third kappa shape index (κ3) is 5.93. The van der Waals surface area contributed by atoms with Crippen molar-refractivity contribution in [3.63, 3.8) is 0 Å². The molecule has 8 heteroatoms. The number of hydrogen-bond acceptors (Lipinski definition) is 7. The van der Waals surface area contributed by atoms with Crippen molar-refractivity contribution in [2.45, 2.75) is 32.4 Å². The smallest absolute Gasteiger partial charge is 0.234 e. The Bertz CT molecular complexity index is 974. The number of aryl methyl sites for hydroxylation is 2. The van der Waals surface area contributed by atoms with Crippen LogP contribution in [0.3, 0.4) is 0 Å². The summed E-state index contributed by atoms with van der Waals surface area (Å²) in [5.74, 6) is 1.78. The highest BCUT2D eigenvalue weighted by Gasteiger charge is 2.11. The van der Waals surface area contributed by atoms with Gasteiger partial charge >= 0.3 is 0 Å². The number of carbonyl (C=O) groups excluding carboxylic acids is 1. The number of thioether (sulfide) groups is 1. The minimum Gasteiger partial charge on any atom is -0.368 e. The first-order valence-electron chi connectivity index (χ1n) is 9.89. The average Bonchev–Trinajstić information content (AvgIpc) is 2.74. The summed E-state index contributed by atoms with van der Waals surface area (Å²) in [6.07, 6.45) is 1.75. The van der Waals surface area contributed by atoms with Crippen molar-refractivity contribution < 1.29 is 4.79 Å². The van der Waals surface area contributed by atoms with Crippen molar-refractivity contribution in [2.75, 3.05) is 22.1 Å². The maximum atomic E-state index is 12.5. The Morgan fingerprint density at radius 1 is 0.967 bits per heavy atom. The van der Waals surface area contributed by atoms with Crippen LogP contribution in [0.1, 0.15) is 30.8 Å². The standard InChI is InChI=1S/C22H26N6OS/c1-3-15-9-8-10-16(4-2)20(15)27-19(29)14-30-13-18-25-21(23)28-22(26-18)24-17-11-6-5-7-12-17/h5-12H,3-4,13-14H2,1-2H3,(H,27,29)(H3,23,24,25,26,28). The van der Waals surface area contributed by atoms with E-state index in [1.165, 1.54) is 11.8 Å². The molecular formula is C22H26N6OS. The van der Waals surface area contributed by atoms with Crippen LogP contribution in [-0.4, -0.2) is 26.6 Å². The molecule has 0 aliphatic carbocycles. The van der Waals surface area contributed by atoms with E-state index in [1.807, 2.05) is 36.4 Å². The molecule has 0 spiro atoms. The van der Waals surface area contributed by atoms with Gasteiger partial charge in [0.2, 0.25) is 17.8 Å². The molecule has 0 radical (unpaired) electrons. The van der Waals surface area contributed by atoms with Gasteiger partial charge in [-0.2, -0.15) is 15.0 Å². The van der Waals surface area contributed by atoms with E-state index in [0.29, 0.717) is 23.3 Å². The third-order valence-electron chi connectivity index (χ3n) is 4.46. The fourth-order valence-electron chi connectivity index (χ4n) is 3.02. The van der Waals surface area contributed by atoms with Gasteiger partial charge in [0.1, 0.15) is 5.82 Å². The highest BCUT2D eigenvalue weighted by Crippen LogP contribution is 2.23. The molecule has 0 atom stereocenters. The van der Waals surface area contributed by atoms with E-state index in [9.17, 15) is 4.79 Å². The summed E-state index contributed by atoms with van der Waals surface area (Å²) in [5.41, 5.74) is 9.92. The molecule has 156 valence electrons. The van der Waals surface area contributed by atoms with Gasteiger partial charge in [0.25, 0.3) is 0 Å². The number of nitrogens with two attached hydrogens (primary N) is 1. The number of carbonyl (C=O) groups is 1. The van der Waals surface area contributed by atoms with Crippen molar-refractivity contribution in [1.29, 1.82) is 0 Å². The van der Waals surface area contributed by atoms with E-state index < -0.39 is 0 Å². The Morgan fingerprint density at radius 3 is 2.33 bits per heavy atom. The molecule has 0 saturated heterocycles. The van der Waals surface area contributed by atoms with Crippen LogP contribution in [0.25, 0.3) is 0 Å². The average molecular weight is 423 g/mol. The summed E-state index contributed by atoms with van der Waals surface area (Å²) in [6, 6.07) is 15.7. The molecular weight excluding hydrogens is 396 g/mol. The predicted octanol–water partition coefficient (Wildman–Crippen LogP) is 4.19. The summed E-state index contributed by atoms with van der Waals surface area (Å²) in [4.78, 5) is 25.2. The van der Waals surface area contributed by atoms with Gasteiger partial charge in [-0.3, -0.25) is 4.79 Å². The maximum absolute atomic E-state index is 12.5. The molecule has 2 aromatic carbocycles. The summed E-state index contributed by atoms with van der Waals surface area (Å²) < 4.78 is 0.